The van der Waals surface area contributed by atoms with E-state index in [2.05, 4.69) is 0 Å². The normalized spacial score (nSPS) is 9.95. The van der Waals surface area contributed by atoms with Gasteiger partial charge in [0.2, 0.25) is 11.8 Å². The smallest absolute Gasteiger partial charge is 0.236 e. The fourth-order valence-electron chi connectivity index (χ4n) is 1.69. The second kappa shape index (κ2) is 6.48. The van der Waals surface area contributed by atoms with E-state index in [0.717, 1.165) is 0 Å². The van der Waals surface area contributed by atoms with Gasteiger partial charge in [-0.25, -0.2) is 0 Å². The lowest BCUT2D eigenvalue weighted by Gasteiger charge is -2.24. The number of hydrogen-bond acceptors (Lipinski definition) is 5. The summed E-state index contributed by atoms with van der Waals surface area (Å²) in [6.07, 6.45) is 0. The minimum Gasteiger partial charge on any atom is -0.492 e. The lowest BCUT2D eigenvalue weighted by atomic mass is 10.2. The predicted octanol–water partition coefficient (Wildman–Crippen LogP) is -0.555. The van der Waals surface area contributed by atoms with Crippen molar-refractivity contribution in [2.24, 2.45) is 11.5 Å². The number of hydrogen-bond donors (Lipinski definition) is 3. The van der Waals surface area contributed by atoms with Crippen LogP contribution in [0.4, 0.5) is 11.4 Å². The molecule has 19 heavy (non-hydrogen) atoms. The standard InChI is InChI=1S/C12H18N4O3/c1-2-19-9-5-3-4-8(12(9)15)16(6-10(13)17)7-11(14)18/h3-5H,2,6-7,15H2,1H3,(H2,13,17)(H2,14,18). The van der Waals surface area contributed by atoms with Crippen LogP contribution in [0.5, 0.6) is 5.75 Å². The van der Waals surface area contributed by atoms with Gasteiger partial charge in [0, 0.05) is 0 Å². The molecular formula is C12H18N4O3. The average Bonchev–Trinajstić information content (AvgIpc) is 2.30. The van der Waals surface area contributed by atoms with Crippen LogP contribution in [0.1, 0.15) is 6.92 Å². The molecule has 0 aliphatic heterocycles. The number of ether oxygens (including phenoxy) is 1. The topological polar surface area (TPSA) is 125 Å². The first kappa shape index (κ1) is 14.6. The van der Waals surface area contributed by atoms with Crippen molar-refractivity contribution in [3.05, 3.63) is 18.2 Å². The number of nitrogens with zero attached hydrogens (tertiary/aromatic N) is 1. The molecule has 0 aliphatic carbocycles. The van der Waals surface area contributed by atoms with Gasteiger partial charge in [-0.2, -0.15) is 0 Å². The van der Waals surface area contributed by atoms with Crippen molar-refractivity contribution in [3.63, 3.8) is 0 Å². The Hall–Kier alpha value is -2.44. The van der Waals surface area contributed by atoms with Crippen LogP contribution < -0.4 is 26.8 Å². The van der Waals surface area contributed by atoms with Crippen LogP contribution >= 0.6 is 0 Å². The van der Waals surface area contributed by atoms with Crippen LogP contribution in [0.15, 0.2) is 18.2 Å². The first-order chi connectivity index (χ1) is 8.95. The predicted molar refractivity (Wildman–Crippen MR) is 72.6 cm³/mol. The minimum atomic E-state index is -0.581. The van der Waals surface area contributed by atoms with Crippen LogP contribution in [0.25, 0.3) is 0 Å². The van der Waals surface area contributed by atoms with Crippen molar-refractivity contribution in [3.8, 4) is 5.75 Å². The molecule has 0 fully saturated rings. The molecular weight excluding hydrogens is 248 g/mol. The molecule has 0 saturated carbocycles. The Kier molecular flexibility index (Phi) is 4.99. The molecule has 0 aromatic heterocycles. The fourth-order valence-corrected chi connectivity index (χ4v) is 1.69. The number of amides is 2. The molecule has 0 heterocycles. The Bertz CT molecular complexity index is 460. The molecule has 7 nitrogen and oxygen atoms in total. The van der Waals surface area contributed by atoms with Gasteiger partial charge in [0.05, 0.1) is 31.1 Å². The van der Waals surface area contributed by atoms with E-state index in [-0.39, 0.29) is 13.1 Å². The van der Waals surface area contributed by atoms with Crippen molar-refractivity contribution < 1.29 is 14.3 Å². The number of carbonyl (C=O) groups is 2. The number of para-hydroxylation sites is 1. The maximum atomic E-state index is 11.0. The summed E-state index contributed by atoms with van der Waals surface area (Å²) in [5.41, 5.74) is 17.1. The van der Waals surface area contributed by atoms with Gasteiger partial charge in [-0.15, -0.1) is 0 Å². The zero-order valence-corrected chi connectivity index (χ0v) is 10.8. The second-order valence-electron chi connectivity index (χ2n) is 3.91. The van der Waals surface area contributed by atoms with Crippen molar-refractivity contribution in [2.75, 3.05) is 30.3 Å². The molecule has 0 radical (unpaired) electrons. The number of nitrogens with two attached hydrogens (primary N) is 3. The molecule has 104 valence electrons. The van der Waals surface area contributed by atoms with Gasteiger partial charge < -0.3 is 26.8 Å². The number of nitrogen functional groups attached to an aromatic ring is 1. The lowest BCUT2D eigenvalue weighted by molar-refractivity contribution is -0.117. The van der Waals surface area contributed by atoms with Crippen molar-refractivity contribution in [1.82, 2.24) is 0 Å². The summed E-state index contributed by atoms with van der Waals surface area (Å²) >= 11 is 0. The highest BCUT2D eigenvalue weighted by atomic mass is 16.5. The Balaban J connectivity index is 3.10. The molecule has 1 aromatic rings. The molecule has 1 aromatic carbocycles. The molecule has 0 bridgehead atoms. The molecule has 1 rings (SSSR count). The number of benzene rings is 1. The Morgan fingerprint density at radius 1 is 1.21 bits per heavy atom. The van der Waals surface area contributed by atoms with E-state index >= 15 is 0 Å². The van der Waals surface area contributed by atoms with Gasteiger partial charge in [0.1, 0.15) is 5.75 Å². The molecule has 0 atom stereocenters. The van der Waals surface area contributed by atoms with E-state index < -0.39 is 11.8 Å². The molecule has 0 unspecified atom stereocenters. The van der Waals surface area contributed by atoms with Crippen molar-refractivity contribution >= 4 is 23.2 Å². The zero-order chi connectivity index (χ0) is 14.4. The molecule has 0 aliphatic rings. The van der Waals surface area contributed by atoms with Gasteiger partial charge in [-0.05, 0) is 19.1 Å². The maximum absolute atomic E-state index is 11.0. The third-order valence-corrected chi connectivity index (χ3v) is 2.38. The summed E-state index contributed by atoms with van der Waals surface area (Å²) in [7, 11) is 0. The molecule has 2 amide bonds. The van der Waals surface area contributed by atoms with Gasteiger partial charge in [0.15, 0.2) is 0 Å². The van der Waals surface area contributed by atoms with Crippen LogP contribution in [-0.4, -0.2) is 31.5 Å². The zero-order valence-electron chi connectivity index (χ0n) is 10.8. The third kappa shape index (κ3) is 4.06. The third-order valence-electron chi connectivity index (χ3n) is 2.38. The van der Waals surface area contributed by atoms with Crippen molar-refractivity contribution in [1.29, 1.82) is 0 Å². The Morgan fingerprint density at radius 3 is 2.26 bits per heavy atom. The summed E-state index contributed by atoms with van der Waals surface area (Å²) in [5, 5.41) is 0. The molecule has 6 N–H and O–H groups in total. The van der Waals surface area contributed by atoms with E-state index in [0.29, 0.717) is 23.7 Å². The summed E-state index contributed by atoms with van der Waals surface area (Å²) in [6.45, 7) is 1.99. The first-order valence-electron chi connectivity index (χ1n) is 5.78. The summed E-state index contributed by atoms with van der Waals surface area (Å²) < 4.78 is 5.35. The number of primary amides is 2. The molecule has 0 spiro atoms. The van der Waals surface area contributed by atoms with Crippen LogP contribution in [0.3, 0.4) is 0 Å². The minimum absolute atomic E-state index is 0.150. The van der Waals surface area contributed by atoms with Gasteiger partial charge in [0.25, 0.3) is 0 Å². The van der Waals surface area contributed by atoms with E-state index in [1.807, 2.05) is 6.92 Å². The fraction of sp³-hybridized carbons (Fsp3) is 0.333. The van der Waals surface area contributed by atoms with E-state index in [1.165, 1.54) is 4.90 Å². The Labute approximate surface area is 111 Å². The van der Waals surface area contributed by atoms with Gasteiger partial charge in [-0.1, -0.05) is 6.07 Å². The summed E-state index contributed by atoms with van der Waals surface area (Å²) in [4.78, 5) is 23.5. The SMILES string of the molecule is CCOc1cccc(N(CC(N)=O)CC(N)=O)c1N. The van der Waals surface area contributed by atoms with Gasteiger partial charge >= 0.3 is 0 Å². The highest BCUT2D eigenvalue weighted by Crippen LogP contribution is 2.32. The van der Waals surface area contributed by atoms with E-state index in [9.17, 15) is 9.59 Å². The molecule has 0 saturated heterocycles. The van der Waals surface area contributed by atoms with Crippen LogP contribution in [-0.2, 0) is 9.59 Å². The summed E-state index contributed by atoms with van der Waals surface area (Å²) in [6, 6.07) is 5.09. The summed E-state index contributed by atoms with van der Waals surface area (Å²) in [5.74, 6) is -0.677. The highest BCUT2D eigenvalue weighted by Gasteiger charge is 2.16. The second-order valence-corrected chi connectivity index (χ2v) is 3.91. The Morgan fingerprint density at radius 2 is 1.79 bits per heavy atom. The van der Waals surface area contributed by atoms with Crippen LogP contribution in [0, 0.1) is 0 Å². The molecule has 7 heteroatoms. The largest absolute Gasteiger partial charge is 0.492 e. The maximum Gasteiger partial charge on any atom is 0.236 e. The highest BCUT2D eigenvalue weighted by molar-refractivity contribution is 5.87. The quantitative estimate of drug-likeness (QED) is 0.571. The van der Waals surface area contributed by atoms with E-state index in [4.69, 9.17) is 21.9 Å². The monoisotopic (exact) mass is 266 g/mol. The first-order valence-corrected chi connectivity index (χ1v) is 5.78. The van der Waals surface area contributed by atoms with Crippen LogP contribution in [0.2, 0.25) is 0 Å². The number of carbonyl (C=O) groups excluding carboxylic acids is 2. The van der Waals surface area contributed by atoms with E-state index in [1.54, 1.807) is 18.2 Å². The number of anilines is 2. The van der Waals surface area contributed by atoms with Crippen molar-refractivity contribution in [2.45, 2.75) is 6.92 Å². The number of rotatable bonds is 7. The lowest BCUT2D eigenvalue weighted by Crippen LogP contribution is -2.40. The average molecular weight is 266 g/mol. The van der Waals surface area contributed by atoms with Gasteiger partial charge in [-0.3, -0.25) is 9.59 Å².